The van der Waals surface area contributed by atoms with Crippen LogP contribution in [0.25, 0.3) is 0 Å². The number of hydrogen-bond donors (Lipinski definition) is 4. The van der Waals surface area contributed by atoms with E-state index in [1.54, 1.807) is 0 Å². The van der Waals surface area contributed by atoms with Crippen LogP contribution in [0, 0.1) is 18.6 Å². The molecule has 0 saturated heterocycles. The van der Waals surface area contributed by atoms with E-state index in [4.69, 9.17) is 4.74 Å². The topological polar surface area (TPSA) is 90.8 Å². The number of halogens is 2. The largest absolute Gasteiger partial charge is 0.493 e. The summed E-state index contributed by atoms with van der Waals surface area (Å²) in [5, 5.41) is 26.8. The lowest BCUT2D eigenvalue weighted by Gasteiger charge is -2.31. The second-order valence-corrected chi connectivity index (χ2v) is 8.83. The van der Waals surface area contributed by atoms with E-state index in [1.165, 1.54) is 13.8 Å². The first-order valence-electron chi connectivity index (χ1n) is 10.7. The van der Waals surface area contributed by atoms with E-state index in [0.29, 0.717) is 13.0 Å². The molecule has 0 aromatic heterocycles. The molecule has 1 heterocycles. The van der Waals surface area contributed by atoms with Crippen molar-refractivity contribution in [2.45, 2.75) is 57.4 Å². The van der Waals surface area contributed by atoms with Crippen LogP contribution in [0.5, 0.6) is 5.75 Å². The van der Waals surface area contributed by atoms with Crippen molar-refractivity contribution >= 4 is 5.91 Å². The molecule has 0 aliphatic carbocycles. The third-order valence-electron chi connectivity index (χ3n) is 5.49. The van der Waals surface area contributed by atoms with Crippen LogP contribution < -0.4 is 15.4 Å². The summed E-state index contributed by atoms with van der Waals surface area (Å²) in [5.41, 5.74) is 0.697. The van der Waals surface area contributed by atoms with Crippen LogP contribution >= 0.6 is 0 Å². The summed E-state index contributed by atoms with van der Waals surface area (Å²) in [6.07, 6.45) is -0.384. The molecule has 0 spiro atoms. The monoisotopic (exact) mass is 448 g/mol. The molecule has 1 amide bonds. The lowest BCUT2D eigenvalue weighted by Crippen LogP contribution is -2.54. The van der Waals surface area contributed by atoms with Crippen molar-refractivity contribution in [3.63, 3.8) is 0 Å². The number of carbonyl (C=O) groups excluding carboxylic acids is 1. The number of fused-ring (bicyclic) bond motifs is 1. The lowest BCUT2D eigenvalue weighted by molar-refractivity contribution is -0.138. The molecule has 2 aromatic rings. The zero-order chi connectivity index (χ0) is 23.5. The Morgan fingerprint density at radius 2 is 1.91 bits per heavy atom. The number of hydrogen-bond acceptors (Lipinski definition) is 5. The number of nitrogens with one attached hydrogen (secondary N) is 2. The number of aliphatic hydroxyl groups excluding tert-OH is 1. The van der Waals surface area contributed by atoms with Crippen molar-refractivity contribution in [3.8, 4) is 5.75 Å². The summed E-state index contributed by atoms with van der Waals surface area (Å²) in [6, 6.07) is 8.06. The number of amides is 1. The number of carbonyl (C=O) groups is 1. The van der Waals surface area contributed by atoms with Gasteiger partial charge in [0.25, 0.3) is 5.91 Å². The van der Waals surface area contributed by atoms with E-state index in [0.717, 1.165) is 35.1 Å². The summed E-state index contributed by atoms with van der Waals surface area (Å²) in [6.45, 7) is 5.29. The fraction of sp³-hybridized carbons (Fsp3) is 0.458. The molecule has 0 saturated carbocycles. The molecule has 4 N–H and O–H groups in total. The Balaban J connectivity index is 1.74. The fourth-order valence-corrected chi connectivity index (χ4v) is 3.74. The molecule has 174 valence electrons. The first kappa shape index (κ1) is 24.1. The molecular formula is C24H30F2N2O4. The highest BCUT2D eigenvalue weighted by Gasteiger charge is 2.30. The SMILES string of the molecule is Cc1ccc2c(c1)C(NC[C@@H](O)[C@H](Cc1cc(F)cc(F)c1)NC(=O)C(C)(C)O)CCO2. The number of benzene rings is 2. The van der Waals surface area contributed by atoms with Crippen molar-refractivity contribution < 1.29 is 28.5 Å². The van der Waals surface area contributed by atoms with Gasteiger partial charge in [-0.3, -0.25) is 4.79 Å². The molecule has 3 atom stereocenters. The maximum absolute atomic E-state index is 13.6. The lowest BCUT2D eigenvalue weighted by atomic mass is 9.96. The number of rotatable bonds is 8. The van der Waals surface area contributed by atoms with Crippen LogP contribution in [0.3, 0.4) is 0 Å². The van der Waals surface area contributed by atoms with Gasteiger partial charge in [-0.25, -0.2) is 8.78 Å². The van der Waals surface area contributed by atoms with Crippen molar-refractivity contribution in [2.75, 3.05) is 13.2 Å². The van der Waals surface area contributed by atoms with E-state index in [9.17, 15) is 23.8 Å². The van der Waals surface area contributed by atoms with Gasteiger partial charge in [-0.05, 0) is 51.0 Å². The Bertz CT molecular complexity index is 941. The van der Waals surface area contributed by atoms with Gasteiger partial charge in [0.1, 0.15) is 23.0 Å². The van der Waals surface area contributed by atoms with Gasteiger partial charge in [-0.2, -0.15) is 0 Å². The third-order valence-corrected chi connectivity index (χ3v) is 5.49. The molecule has 0 bridgehead atoms. The van der Waals surface area contributed by atoms with Crippen LogP contribution in [0.1, 0.15) is 43.0 Å². The van der Waals surface area contributed by atoms with Crippen LogP contribution in [0.4, 0.5) is 8.78 Å². The third kappa shape index (κ3) is 6.25. The number of aryl methyl sites for hydroxylation is 1. The summed E-state index contributed by atoms with van der Waals surface area (Å²) in [7, 11) is 0. The van der Waals surface area contributed by atoms with Gasteiger partial charge in [0, 0.05) is 30.6 Å². The molecule has 2 aromatic carbocycles. The molecule has 1 unspecified atom stereocenters. The van der Waals surface area contributed by atoms with E-state index in [-0.39, 0.29) is 24.6 Å². The average Bonchev–Trinajstić information content (AvgIpc) is 2.70. The van der Waals surface area contributed by atoms with Crippen molar-refractivity contribution in [1.82, 2.24) is 10.6 Å². The quantitative estimate of drug-likeness (QED) is 0.498. The van der Waals surface area contributed by atoms with Crippen molar-refractivity contribution in [3.05, 3.63) is 64.7 Å². The van der Waals surface area contributed by atoms with Crippen molar-refractivity contribution in [1.29, 1.82) is 0 Å². The fourth-order valence-electron chi connectivity index (χ4n) is 3.74. The highest BCUT2D eigenvalue weighted by Crippen LogP contribution is 2.32. The predicted octanol–water partition coefficient (Wildman–Crippen LogP) is 2.55. The molecule has 32 heavy (non-hydrogen) atoms. The van der Waals surface area contributed by atoms with Crippen LogP contribution in [-0.4, -0.2) is 47.0 Å². The summed E-state index contributed by atoms with van der Waals surface area (Å²) >= 11 is 0. The zero-order valence-corrected chi connectivity index (χ0v) is 18.5. The van der Waals surface area contributed by atoms with Gasteiger partial charge in [0.15, 0.2) is 0 Å². The maximum atomic E-state index is 13.6. The van der Waals surface area contributed by atoms with Crippen LogP contribution in [0.15, 0.2) is 36.4 Å². The van der Waals surface area contributed by atoms with E-state index >= 15 is 0 Å². The second-order valence-electron chi connectivity index (χ2n) is 8.83. The van der Waals surface area contributed by atoms with Crippen molar-refractivity contribution in [2.24, 2.45) is 0 Å². The molecule has 6 nitrogen and oxygen atoms in total. The molecule has 0 radical (unpaired) electrons. The molecule has 0 fully saturated rings. The van der Waals surface area contributed by atoms with Gasteiger partial charge in [0.2, 0.25) is 0 Å². The smallest absolute Gasteiger partial charge is 0.251 e. The first-order valence-corrected chi connectivity index (χ1v) is 10.7. The van der Waals surface area contributed by atoms with Gasteiger partial charge in [0.05, 0.1) is 18.8 Å². The molecule has 3 rings (SSSR count). The van der Waals surface area contributed by atoms with E-state index in [1.807, 2.05) is 25.1 Å². The molecule has 1 aliphatic heterocycles. The molecule has 1 aliphatic rings. The number of aliphatic hydroxyl groups is 2. The summed E-state index contributed by atoms with van der Waals surface area (Å²) in [5.74, 6) is -1.38. The predicted molar refractivity (Wildman–Crippen MR) is 116 cm³/mol. The second kappa shape index (κ2) is 9.94. The highest BCUT2D eigenvalue weighted by molar-refractivity contribution is 5.84. The number of ether oxygens (including phenoxy) is 1. The summed E-state index contributed by atoms with van der Waals surface area (Å²) < 4.78 is 33.0. The molecular weight excluding hydrogens is 418 g/mol. The molecule has 8 heteroatoms. The van der Waals surface area contributed by atoms with Gasteiger partial charge < -0.3 is 25.6 Å². The Hall–Kier alpha value is -2.55. The van der Waals surface area contributed by atoms with E-state index in [2.05, 4.69) is 10.6 Å². The average molecular weight is 449 g/mol. The first-order chi connectivity index (χ1) is 15.0. The minimum absolute atomic E-state index is 0.0111. The Morgan fingerprint density at radius 3 is 2.56 bits per heavy atom. The van der Waals surface area contributed by atoms with Gasteiger partial charge >= 0.3 is 0 Å². The zero-order valence-electron chi connectivity index (χ0n) is 18.5. The van der Waals surface area contributed by atoms with Crippen LogP contribution in [-0.2, 0) is 11.2 Å². The minimum Gasteiger partial charge on any atom is -0.493 e. The Morgan fingerprint density at radius 1 is 1.22 bits per heavy atom. The highest BCUT2D eigenvalue weighted by atomic mass is 19.1. The Kier molecular flexibility index (Phi) is 7.48. The summed E-state index contributed by atoms with van der Waals surface area (Å²) in [4.78, 5) is 12.4. The Labute approximate surface area is 186 Å². The minimum atomic E-state index is -1.67. The standard InChI is InChI=1S/C24H30F2N2O4/c1-14-4-5-22-18(8-14)19(6-7-32-22)27-13-21(29)20(28-23(30)24(2,3)31)11-15-9-16(25)12-17(26)10-15/h4-5,8-10,12,19-21,27,29,31H,6-7,11,13H2,1-3H3,(H,28,30)/t19?,20-,21+/m0/s1. The van der Waals surface area contributed by atoms with E-state index < -0.39 is 35.3 Å². The normalized spacial score (nSPS) is 17.8. The van der Waals surface area contributed by atoms with Crippen LogP contribution in [0.2, 0.25) is 0 Å². The van der Waals surface area contributed by atoms with Gasteiger partial charge in [-0.1, -0.05) is 17.7 Å². The van der Waals surface area contributed by atoms with Gasteiger partial charge in [-0.15, -0.1) is 0 Å². The maximum Gasteiger partial charge on any atom is 0.251 e.